The standard InChI is InChI=1S/C22H20Cl2N4O3/c1-31-22(30)21-25-19(13-27-10-4-5-11-27)28(26-21)18-9-8-14(23)12-16(18)20(29)15-6-2-3-7-17(15)24/h2-3,6-9,12H,4-5,10-11,13H2,1H3. The highest BCUT2D eigenvalue weighted by Gasteiger charge is 2.25. The SMILES string of the molecule is COC(=O)c1nc(CN2CCCC2)n(-c2ccc(Cl)cc2C(=O)c2ccccc2Cl)n1. The average molecular weight is 459 g/mol. The molecule has 0 amide bonds. The van der Waals surface area contributed by atoms with E-state index in [1.165, 1.54) is 11.8 Å². The Morgan fingerprint density at radius 1 is 1.06 bits per heavy atom. The van der Waals surface area contributed by atoms with Gasteiger partial charge in [-0.05, 0) is 56.3 Å². The lowest BCUT2D eigenvalue weighted by Gasteiger charge is -2.16. The van der Waals surface area contributed by atoms with Crippen molar-refractivity contribution < 1.29 is 14.3 Å². The van der Waals surface area contributed by atoms with Crippen molar-refractivity contribution in [3.05, 3.63) is 75.3 Å². The van der Waals surface area contributed by atoms with Gasteiger partial charge in [-0.15, -0.1) is 5.10 Å². The molecule has 4 rings (SSSR count). The Bertz CT molecular complexity index is 1140. The quantitative estimate of drug-likeness (QED) is 0.407. The number of carbonyl (C=O) groups excluding carboxylic acids is 2. The van der Waals surface area contributed by atoms with E-state index in [-0.39, 0.29) is 11.6 Å². The molecule has 0 unspecified atom stereocenters. The molecule has 0 atom stereocenters. The Balaban J connectivity index is 1.83. The highest BCUT2D eigenvalue weighted by Crippen LogP contribution is 2.27. The van der Waals surface area contributed by atoms with Crippen molar-refractivity contribution in [3.8, 4) is 5.69 Å². The molecular formula is C22H20Cl2N4O3. The number of ether oxygens (including phenoxy) is 1. The number of methoxy groups -OCH3 is 1. The summed E-state index contributed by atoms with van der Waals surface area (Å²) < 4.78 is 6.31. The molecule has 160 valence electrons. The van der Waals surface area contributed by atoms with Crippen LogP contribution in [0.25, 0.3) is 5.69 Å². The van der Waals surface area contributed by atoms with Crippen molar-refractivity contribution in [3.63, 3.8) is 0 Å². The minimum atomic E-state index is -0.644. The van der Waals surface area contributed by atoms with Gasteiger partial charge in [-0.3, -0.25) is 9.69 Å². The van der Waals surface area contributed by atoms with Gasteiger partial charge in [0.25, 0.3) is 5.82 Å². The summed E-state index contributed by atoms with van der Waals surface area (Å²) in [7, 11) is 1.28. The van der Waals surface area contributed by atoms with Crippen LogP contribution in [0.1, 0.15) is 45.2 Å². The maximum Gasteiger partial charge on any atom is 0.377 e. The second-order valence-corrected chi connectivity index (χ2v) is 8.05. The second-order valence-electron chi connectivity index (χ2n) is 7.21. The summed E-state index contributed by atoms with van der Waals surface area (Å²) >= 11 is 12.5. The zero-order chi connectivity index (χ0) is 22.0. The number of halogens is 2. The van der Waals surface area contributed by atoms with Gasteiger partial charge in [0.15, 0.2) is 5.78 Å². The van der Waals surface area contributed by atoms with Crippen LogP contribution < -0.4 is 0 Å². The Hall–Kier alpha value is -2.74. The maximum absolute atomic E-state index is 13.4. The molecule has 7 nitrogen and oxygen atoms in total. The summed E-state index contributed by atoms with van der Waals surface area (Å²) in [4.78, 5) is 32.1. The summed E-state index contributed by atoms with van der Waals surface area (Å²) in [5.74, 6) is -0.472. The third kappa shape index (κ3) is 4.49. The first kappa shape index (κ1) is 21.5. The maximum atomic E-state index is 13.4. The van der Waals surface area contributed by atoms with Gasteiger partial charge in [0.1, 0.15) is 5.82 Å². The fourth-order valence-electron chi connectivity index (χ4n) is 3.62. The molecule has 31 heavy (non-hydrogen) atoms. The van der Waals surface area contributed by atoms with Gasteiger partial charge in [0, 0.05) is 16.1 Å². The zero-order valence-corrected chi connectivity index (χ0v) is 18.4. The van der Waals surface area contributed by atoms with E-state index in [1.807, 2.05) is 0 Å². The van der Waals surface area contributed by atoms with E-state index in [2.05, 4.69) is 15.0 Å². The van der Waals surface area contributed by atoms with Gasteiger partial charge in [-0.1, -0.05) is 35.3 Å². The van der Waals surface area contributed by atoms with Crippen LogP contribution >= 0.6 is 23.2 Å². The summed E-state index contributed by atoms with van der Waals surface area (Å²) in [6.07, 6.45) is 2.21. The fraction of sp³-hybridized carbons (Fsp3) is 0.273. The lowest BCUT2D eigenvalue weighted by atomic mass is 10.0. The molecule has 0 N–H and O–H groups in total. The van der Waals surface area contributed by atoms with Crippen LogP contribution in [0.2, 0.25) is 10.0 Å². The number of esters is 1. The highest BCUT2D eigenvalue weighted by molar-refractivity contribution is 6.35. The predicted molar refractivity (Wildman–Crippen MR) is 117 cm³/mol. The largest absolute Gasteiger partial charge is 0.463 e. The van der Waals surface area contributed by atoms with Crippen molar-refractivity contribution in [1.29, 1.82) is 0 Å². The monoisotopic (exact) mass is 458 g/mol. The lowest BCUT2D eigenvalue weighted by molar-refractivity contribution is 0.0586. The first-order valence-electron chi connectivity index (χ1n) is 9.83. The van der Waals surface area contributed by atoms with Crippen LogP contribution in [0, 0.1) is 0 Å². The first-order chi connectivity index (χ1) is 15.0. The molecule has 2 aromatic carbocycles. The highest BCUT2D eigenvalue weighted by atomic mass is 35.5. The van der Waals surface area contributed by atoms with Crippen molar-refractivity contribution in [1.82, 2.24) is 19.7 Å². The molecule has 3 aromatic rings. The van der Waals surface area contributed by atoms with Crippen molar-refractivity contribution >= 4 is 35.0 Å². The number of rotatable bonds is 6. The normalized spacial score (nSPS) is 14.0. The van der Waals surface area contributed by atoms with Crippen LogP contribution in [0.3, 0.4) is 0 Å². The van der Waals surface area contributed by atoms with Crippen molar-refractivity contribution in [2.75, 3.05) is 20.2 Å². The summed E-state index contributed by atoms with van der Waals surface area (Å²) in [5.41, 5.74) is 1.12. The third-order valence-electron chi connectivity index (χ3n) is 5.16. The van der Waals surface area contributed by atoms with E-state index in [1.54, 1.807) is 42.5 Å². The topological polar surface area (TPSA) is 77.3 Å². The minimum absolute atomic E-state index is 0.0669. The van der Waals surface area contributed by atoms with E-state index in [9.17, 15) is 9.59 Å². The average Bonchev–Trinajstić information content (AvgIpc) is 3.43. The number of hydrogen-bond acceptors (Lipinski definition) is 6. The van der Waals surface area contributed by atoms with E-state index < -0.39 is 5.97 Å². The predicted octanol–water partition coefficient (Wildman–Crippen LogP) is 4.19. The number of carbonyl (C=O) groups is 2. The van der Waals surface area contributed by atoms with Crippen LogP contribution in [0.15, 0.2) is 42.5 Å². The number of ketones is 1. The van der Waals surface area contributed by atoms with Gasteiger partial charge in [0.05, 0.1) is 24.4 Å². The molecule has 0 radical (unpaired) electrons. The fourth-order valence-corrected chi connectivity index (χ4v) is 4.02. The van der Waals surface area contributed by atoms with Gasteiger partial charge in [-0.2, -0.15) is 0 Å². The molecule has 0 bridgehead atoms. The molecule has 1 aliphatic heterocycles. The Labute approximate surface area is 189 Å². The zero-order valence-electron chi connectivity index (χ0n) is 16.8. The summed E-state index contributed by atoms with van der Waals surface area (Å²) in [5, 5.41) is 5.09. The Kier molecular flexibility index (Phi) is 6.36. The van der Waals surface area contributed by atoms with Gasteiger partial charge < -0.3 is 4.74 Å². The van der Waals surface area contributed by atoms with E-state index in [0.717, 1.165) is 25.9 Å². The van der Waals surface area contributed by atoms with E-state index >= 15 is 0 Å². The molecular weight excluding hydrogens is 439 g/mol. The van der Waals surface area contributed by atoms with Crippen LogP contribution in [-0.4, -0.2) is 51.6 Å². The molecule has 0 saturated carbocycles. The molecule has 1 aliphatic rings. The Morgan fingerprint density at radius 2 is 1.81 bits per heavy atom. The van der Waals surface area contributed by atoms with Crippen LogP contribution in [-0.2, 0) is 11.3 Å². The molecule has 1 fully saturated rings. The molecule has 9 heteroatoms. The summed E-state index contributed by atoms with van der Waals surface area (Å²) in [6.45, 7) is 2.37. The lowest BCUT2D eigenvalue weighted by Crippen LogP contribution is -2.22. The van der Waals surface area contributed by atoms with Crippen molar-refractivity contribution in [2.24, 2.45) is 0 Å². The van der Waals surface area contributed by atoms with Crippen molar-refractivity contribution in [2.45, 2.75) is 19.4 Å². The smallest absolute Gasteiger partial charge is 0.377 e. The molecule has 2 heterocycles. The number of hydrogen-bond donors (Lipinski definition) is 0. The Morgan fingerprint density at radius 3 is 2.52 bits per heavy atom. The van der Waals surface area contributed by atoms with Crippen LogP contribution in [0.4, 0.5) is 0 Å². The van der Waals surface area contributed by atoms with E-state index in [0.29, 0.717) is 39.2 Å². The molecule has 0 aliphatic carbocycles. The minimum Gasteiger partial charge on any atom is -0.463 e. The molecule has 1 saturated heterocycles. The first-order valence-corrected chi connectivity index (χ1v) is 10.6. The van der Waals surface area contributed by atoms with Gasteiger partial charge >= 0.3 is 5.97 Å². The second kappa shape index (κ2) is 9.18. The summed E-state index contributed by atoms with van der Waals surface area (Å²) in [6, 6.07) is 11.7. The number of likely N-dealkylation sites (tertiary alicyclic amines) is 1. The number of benzene rings is 2. The molecule has 1 aromatic heterocycles. The number of aromatic nitrogens is 3. The van der Waals surface area contributed by atoms with Gasteiger partial charge in [-0.25, -0.2) is 14.5 Å². The molecule has 0 spiro atoms. The van der Waals surface area contributed by atoms with Gasteiger partial charge in [0.2, 0.25) is 0 Å². The van der Waals surface area contributed by atoms with E-state index in [4.69, 9.17) is 27.9 Å². The van der Waals surface area contributed by atoms with Crippen LogP contribution in [0.5, 0.6) is 0 Å². The number of nitrogens with zero attached hydrogens (tertiary/aromatic N) is 4. The third-order valence-corrected chi connectivity index (χ3v) is 5.72.